The first kappa shape index (κ1) is 21.0. The average molecular weight is 450 g/mol. The summed E-state index contributed by atoms with van der Waals surface area (Å²) in [6, 6.07) is 13.9. The van der Waals surface area contributed by atoms with Crippen LogP contribution in [0.15, 0.2) is 63.2 Å². The summed E-state index contributed by atoms with van der Waals surface area (Å²) in [4.78, 5) is 24.0. The summed E-state index contributed by atoms with van der Waals surface area (Å²) >= 11 is 13.4. The highest BCUT2D eigenvalue weighted by Crippen LogP contribution is 2.27. The topological polar surface area (TPSA) is 105 Å². The molecule has 7 nitrogen and oxygen atoms in total. The molecule has 0 atom stereocenters. The number of aliphatic imine (C=N–C) groups is 1. The number of halogens is 2. The van der Waals surface area contributed by atoms with E-state index in [1.807, 2.05) is 12.1 Å². The van der Waals surface area contributed by atoms with E-state index in [1.165, 1.54) is 24.9 Å². The molecular formula is C19H17Cl2N5O2S. The monoisotopic (exact) mass is 449 g/mol. The summed E-state index contributed by atoms with van der Waals surface area (Å²) < 4.78 is 5.25. The number of hydrogen-bond acceptors (Lipinski definition) is 5. The second-order valence-electron chi connectivity index (χ2n) is 5.77. The normalized spacial score (nSPS) is 11.3. The van der Waals surface area contributed by atoms with Crippen molar-refractivity contribution < 1.29 is 4.74 Å². The number of H-pyrrole nitrogens is 1. The fourth-order valence-electron chi connectivity index (χ4n) is 2.37. The largest absolute Gasteiger partial charge is 0.495 e. The highest BCUT2D eigenvalue weighted by atomic mass is 35.5. The van der Waals surface area contributed by atoms with Crippen LogP contribution in [0.1, 0.15) is 5.69 Å². The molecule has 10 heteroatoms. The van der Waals surface area contributed by atoms with E-state index in [0.717, 1.165) is 4.90 Å². The minimum Gasteiger partial charge on any atom is -0.495 e. The summed E-state index contributed by atoms with van der Waals surface area (Å²) in [5.41, 5.74) is 6.74. The number of benzene rings is 2. The molecule has 0 bridgehead atoms. The maximum Gasteiger partial charge on any atom is 0.252 e. The van der Waals surface area contributed by atoms with E-state index < -0.39 is 0 Å². The molecule has 1 aromatic heterocycles. The molecule has 4 N–H and O–H groups in total. The molecule has 0 fully saturated rings. The Labute approximate surface area is 181 Å². The molecular weight excluding hydrogens is 433 g/mol. The van der Waals surface area contributed by atoms with Crippen LogP contribution < -0.4 is 21.3 Å². The number of aromatic amines is 1. The van der Waals surface area contributed by atoms with Crippen LogP contribution in [0.5, 0.6) is 5.75 Å². The highest BCUT2D eigenvalue weighted by Gasteiger charge is 2.07. The maximum atomic E-state index is 12.0. The average Bonchev–Trinajstić information content (AvgIpc) is 2.67. The van der Waals surface area contributed by atoms with Gasteiger partial charge in [-0.05, 0) is 42.5 Å². The van der Waals surface area contributed by atoms with Crippen molar-refractivity contribution in [3.05, 3.63) is 74.6 Å². The van der Waals surface area contributed by atoms with E-state index in [0.29, 0.717) is 32.9 Å². The molecule has 0 spiro atoms. The first-order valence-corrected chi connectivity index (χ1v) is 10.1. The van der Waals surface area contributed by atoms with Crippen molar-refractivity contribution in [1.29, 1.82) is 0 Å². The Bertz CT molecular complexity index is 1090. The van der Waals surface area contributed by atoms with Gasteiger partial charge < -0.3 is 15.8 Å². The van der Waals surface area contributed by atoms with Gasteiger partial charge in [0.2, 0.25) is 11.9 Å². The molecule has 150 valence electrons. The predicted octanol–water partition coefficient (Wildman–Crippen LogP) is 4.44. The van der Waals surface area contributed by atoms with Crippen molar-refractivity contribution in [3.8, 4) is 5.75 Å². The van der Waals surface area contributed by atoms with Crippen molar-refractivity contribution in [2.75, 3.05) is 12.4 Å². The molecule has 0 aliphatic carbocycles. The van der Waals surface area contributed by atoms with E-state index in [9.17, 15) is 4.79 Å². The lowest BCUT2D eigenvalue weighted by molar-refractivity contribution is 0.417. The van der Waals surface area contributed by atoms with Crippen LogP contribution in [-0.2, 0) is 5.75 Å². The van der Waals surface area contributed by atoms with Gasteiger partial charge in [0.05, 0.1) is 18.5 Å². The van der Waals surface area contributed by atoms with Gasteiger partial charge in [-0.15, -0.1) is 11.8 Å². The highest BCUT2D eigenvalue weighted by molar-refractivity contribution is 7.98. The van der Waals surface area contributed by atoms with Gasteiger partial charge in [-0.25, -0.2) is 4.98 Å². The van der Waals surface area contributed by atoms with Crippen LogP contribution in [0.4, 0.5) is 11.6 Å². The molecule has 2 aromatic carbocycles. The predicted molar refractivity (Wildman–Crippen MR) is 119 cm³/mol. The fraction of sp³-hybridized carbons (Fsp3) is 0.105. The van der Waals surface area contributed by atoms with Crippen molar-refractivity contribution in [2.45, 2.75) is 10.6 Å². The minimum atomic E-state index is -0.321. The van der Waals surface area contributed by atoms with E-state index >= 15 is 0 Å². The second kappa shape index (κ2) is 9.69. The number of hydrogen-bond donors (Lipinski definition) is 3. The van der Waals surface area contributed by atoms with Crippen molar-refractivity contribution in [1.82, 2.24) is 9.97 Å². The third kappa shape index (κ3) is 6.15. The van der Waals surface area contributed by atoms with E-state index in [1.54, 1.807) is 30.3 Å². The van der Waals surface area contributed by atoms with E-state index in [-0.39, 0.29) is 17.5 Å². The summed E-state index contributed by atoms with van der Waals surface area (Å²) in [5.74, 6) is 1.15. The molecule has 1 heterocycles. The lowest BCUT2D eigenvalue weighted by Gasteiger charge is -2.10. The van der Waals surface area contributed by atoms with Crippen LogP contribution in [0.25, 0.3) is 0 Å². The number of methoxy groups -OCH3 is 1. The molecule has 0 radical (unpaired) electrons. The first-order chi connectivity index (χ1) is 13.9. The summed E-state index contributed by atoms with van der Waals surface area (Å²) in [6.45, 7) is 0. The van der Waals surface area contributed by atoms with Crippen molar-refractivity contribution >= 4 is 52.6 Å². The number of nitrogens with zero attached hydrogens (tertiary/aromatic N) is 2. The first-order valence-electron chi connectivity index (χ1n) is 8.36. The Hall–Kier alpha value is -2.68. The molecule has 0 aliphatic rings. The second-order valence-corrected chi connectivity index (χ2v) is 7.69. The van der Waals surface area contributed by atoms with Gasteiger partial charge >= 0.3 is 0 Å². The number of nitrogens with two attached hydrogens (primary N) is 1. The Morgan fingerprint density at radius 1 is 1.21 bits per heavy atom. The smallest absolute Gasteiger partial charge is 0.252 e. The zero-order chi connectivity index (χ0) is 20.8. The van der Waals surface area contributed by atoms with Crippen molar-refractivity contribution in [3.63, 3.8) is 0 Å². The van der Waals surface area contributed by atoms with Gasteiger partial charge in [-0.3, -0.25) is 9.78 Å². The van der Waals surface area contributed by atoms with Crippen LogP contribution >= 0.6 is 35.0 Å². The SMILES string of the molecule is COc1ccc(Cl)cc1N/C(N)=N/c1nc(CSc2ccc(Cl)cc2)cc(=O)[nH]1. The third-order valence-electron chi connectivity index (χ3n) is 3.63. The fourth-order valence-corrected chi connectivity index (χ4v) is 3.46. The molecule has 0 aliphatic heterocycles. The van der Waals surface area contributed by atoms with Crippen LogP contribution in [0, 0.1) is 0 Å². The Morgan fingerprint density at radius 2 is 1.93 bits per heavy atom. The number of guanidine groups is 1. The Balaban J connectivity index is 1.75. The van der Waals surface area contributed by atoms with Gasteiger partial charge in [-0.1, -0.05) is 23.2 Å². The molecule has 3 aromatic rings. The van der Waals surface area contributed by atoms with Gasteiger partial charge in [0.15, 0.2) is 0 Å². The van der Waals surface area contributed by atoms with Gasteiger partial charge in [0, 0.05) is 26.8 Å². The molecule has 0 unspecified atom stereocenters. The Kier molecular flexibility index (Phi) is 7.03. The number of ether oxygens (including phenoxy) is 1. The van der Waals surface area contributed by atoms with Gasteiger partial charge in [0.25, 0.3) is 5.56 Å². The number of rotatable bonds is 6. The zero-order valence-corrected chi connectivity index (χ0v) is 17.6. The number of aromatic nitrogens is 2. The quantitative estimate of drug-likeness (QED) is 0.291. The number of thioether (sulfide) groups is 1. The third-order valence-corrected chi connectivity index (χ3v) is 5.17. The molecule has 3 rings (SSSR count). The van der Waals surface area contributed by atoms with E-state index in [4.69, 9.17) is 33.7 Å². The van der Waals surface area contributed by atoms with Crippen LogP contribution in [0.3, 0.4) is 0 Å². The summed E-state index contributed by atoms with van der Waals surface area (Å²) in [7, 11) is 1.53. The summed E-state index contributed by atoms with van der Waals surface area (Å²) in [6.07, 6.45) is 0. The van der Waals surface area contributed by atoms with E-state index in [2.05, 4.69) is 20.3 Å². The van der Waals surface area contributed by atoms with Gasteiger partial charge in [-0.2, -0.15) is 4.99 Å². The lowest BCUT2D eigenvalue weighted by Crippen LogP contribution is -2.23. The molecule has 0 saturated heterocycles. The van der Waals surface area contributed by atoms with Gasteiger partial charge in [0.1, 0.15) is 5.75 Å². The Morgan fingerprint density at radius 3 is 2.66 bits per heavy atom. The molecule has 0 amide bonds. The maximum absolute atomic E-state index is 12.0. The van der Waals surface area contributed by atoms with Crippen LogP contribution in [0.2, 0.25) is 10.0 Å². The zero-order valence-electron chi connectivity index (χ0n) is 15.3. The number of nitrogens with one attached hydrogen (secondary N) is 2. The molecule has 29 heavy (non-hydrogen) atoms. The molecule has 0 saturated carbocycles. The summed E-state index contributed by atoms with van der Waals surface area (Å²) in [5, 5.41) is 4.07. The number of anilines is 1. The minimum absolute atomic E-state index is 0.0243. The van der Waals surface area contributed by atoms with Crippen LogP contribution in [-0.4, -0.2) is 23.0 Å². The lowest BCUT2D eigenvalue weighted by atomic mass is 10.3. The van der Waals surface area contributed by atoms with Crippen molar-refractivity contribution in [2.24, 2.45) is 10.7 Å². The standard InChI is InChI=1S/C19H17Cl2N5O2S/c1-28-16-7-4-12(21)8-15(16)24-18(22)26-19-23-13(9-17(27)25-19)10-29-14-5-2-11(20)3-6-14/h2-9H,10H2,1H3,(H4,22,23,24,25,26,27).